The second-order valence-corrected chi connectivity index (χ2v) is 17.9. The van der Waals surface area contributed by atoms with Crippen LogP contribution in [0.15, 0.2) is 42.7 Å². The molecule has 4 saturated heterocycles. The molecule has 61 heavy (non-hydrogen) atoms. The maximum Gasteiger partial charge on any atom is 0.271 e. The molecule has 5 amide bonds. The second kappa shape index (κ2) is 16.7. The third kappa shape index (κ3) is 8.25. The quantitative estimate of drug-likeness (QED) is 0.289. The number of benzene rings is 2. The number of hydrogen-bond donors (Lipinski definition) is 2. The zero-order chi connectivity index (χ0) is 42.4. The van der Waals surface area contributed by atoms with Crippen LogP contribution >= 0.6 is 11.6 Å². The van der Waals surface area contributed by atoms with E-state index in [4.69, 9.17) is 21.6 Å². The van der Waals surface area contributed by atoms with Crippen molar-refractivity contribution >= 4 is 52.6 Å². The summed E-state index contributed by atoms with van der Waals surface area (Å²) in [5.41, 5.74) is 1.11. The van der Waals surface area contributed by atoms with Crippen molar-refractivity contribution in [3.05, 3.63) is 75.9 Å². The van der Waals surface area contributed by atoms with Crippen molar-refractivity contribution in [3.63, 3.8) is 0 Å². The van der Waals surface area contributed by atoms with E-state index in [1.807, 2.05) is 11.0 Å². The molecule has 9 rings (SSSR count). The Morgan fingerprint density at radius 1 is 0.918 bits per heavy atom. The minimum atomic E-state index is -1.09. The fourth-order valence-electron chi connectivity index (χ4n) is 9.93. The third-order valence-corrected chi connectivity index (χ3v) is 13.8. The average molecular weight is 852 g/mol. The van der Waals surface area contributed by atoms with Gasteiger partial charge in [-0.3, -0.25) is 34.2 Å². The first kappa shape index (κ1) is 40.7. The fourth-order valence-corrected chi connectivity index (χ4v) is 10.1. The van der Waals surface area contributed by atoms with Gasteiger partial charge in [0.15, 0.2) is 0 Å². The van der Waals surface area contributed by atoms with Crippen molar-refractivity contribution in [2.24, 2.45) is 11.3 Å². The van der Waals surface area contributed by atoms with Gasteiger partial charge in [-0.25, -0.2) is 14.4 Å². The molecule has 1 aromatic heterocycles. The summed E-state index contributed by atoms with van der Waals surface area (Å²) in [6.45, 7) is 6.02. The van der Waals surface area contributed by atoms with E-state index in [9.17, 15) is 24.0 Å². The van der Waals surface area contributed by atoms with E-state index < -0.39 is 35.5 Å². The lowest BCUT2D eigenvalue weighted by molar-refractivity contribution is -0.136. The smallest absolute Gasteiger partial charge is 0.271 e. The van der Waals surface area contributed by atoms with Gasteiger partial charge in [0.25, 0.3) is 17.7 Å². The lowest BCUT2D eigenvalue weighted by Gasteiger charge is -2.55. The fraction of sp³-hybridized carbons (Fsp3) is 0.500. The van der Waals surface area contributed by atoms with Gasteiger partial charge in [-0.2, -0.15) is 5.26 Å². The second-order valence-electron chi connectivity index (χ2n) is 17.5. The highest BCUT2D eigenvalue weighted by Gasteiger charge is 2.48. The van der Waals surface area contributed by atoms with Crippen LogP contribution in [0, 0.1) is 28.5 Å². The van der Waals surface area contributed by atoms with Crippen LogP contribution in [-0.4, -0.2) is 113 Å². The minimum absolute atomic E-state index is 0.0135. The molecule has 0 bridgehead atoms. The molecule has 2 aromatic carbocycles. The summed E-state index contributed by atoms with van der Waals surface area (Å²) in [7, 11) is 0. The van der Waals surface area contributed by atoms with Crippen LogP contribution in [-0.2, 0) is 9.59 Å². The van der Waals surface area contributed by atoms with Gasteiger partial charge in [-0.1, -0.05) is 11.6 Å². The number of carbonyl (C=O) groups is 5. The number of imide groups is 2. The third-order valence-electron chi connectivity index (χ3n) is 13.5. The Balaban J connectivity index is 0.692. The molecule has 318 valence electrons. The van der Waals surface area contributed by atoms with Crippen LogP contribution in [0.3, 0.4) is 0 Å². The Bertz CT molecular complexity index is 2290. The highest BCUT2D eigenvalue weighted by Crippen LogP contribution is 2.45. The van der Waals surface area contributed by atoms with Crippen molar-refractivity contribution in [1.82, 2.24) is 30.4 Å². The molecule has 1 aliphatic carbocycles. The SMILES string of the molecule is N#Cc1ccc(OC2CCC(NC(=O)c3cnc(N4CCC(CN5CCC6(CC5)CN(c5cc7c(cc5F)C(=O)N(C5CCC(=O)NC5=O)C7=O)C6)CC4)cn3)CC2)cc1Cl. The first-order valence-corrected chi connectivity index (χ1v) is 21.6. The number of carbonyl (C=O) groups excluding carboxylic acids is 5. The molecule has 1 spiro atoms. The van der Waals surface area contributed by atoms with Crippen molar-refractivity contribution in [2.75, 3.05) is 55.6 Å². The number of nitrogens with one attached hydrogen (secondary N) is 2. The van der Waals surface area contributed by atoms with Gasteiger partial charge in [0.2, 0.25) is 11.8 Å². The predicted molar refractivity (Wildman–Crippen MR) is 221 cm³/mol. The van der Waals surface area contributed by atoms with Crippen LogP contribution < -0.4 is 25.2 Å². The molecule has 15 nitrogen and oxygen atoms in total. The molecule has 1 unspecified atom stereocenters. The van der Waals surface area contributed by atoms with Gasteiger partial charge in [-0.15, -0.1) is 0 Å². The average Bonchev–Trinajstić information content (AvgIpc) is 3.48. The van der Waals surface area contributed by atoms with Crippen LogP contribution in [0.25, 0.3) is 0 Å². The standard InChI is InChI=1S/C44H47ClFN9O6/c45-33-17-30(4-1-27(33)20-47)61-29-5-2-28(3-6-29)50-40(57)35-21-49-38(22-48-35)53-13-9-26(10-14-53)23-52-15-11-44(12-16-52)24-54(25-44)37-19-32-31(18-34(37)46)42(59)55(43(32)60)36-7-8-39(56)51-41(36)58/h1,4,17-19,21-22,26,28-29,36H,2-3,5-16,23-25H2,(H,50,57)(H,51,56,58). The predicted octanol–water partition coefficient (Wildman–Crippen LogP) is 4.48. The Morgan fingerprint density at radius 3 is 2.30 bits per heavy atom. The molecule has 0 radical (unpaired) electrons. The zero-order valence-electron chi connectivity index (χ0n) is 33.7. The van der Waals surface area contributed by atoms with Crippen LogP contribution in [0.2, 0.25) is 5.02 Å². The number of rotatable bonds is 9. The summed E-state index contributed by atoms with van der Waals surface area (Å²) < 4.78 is 21.5. The highest BCUT2D eigenvalue weighted by molar-refractivity contribution is 6.31. The number of aromatic nitrogens is 2. The van der Waals surface area contributed by atoms with E-state index in [1.165, 1.54) is 6.07 Å². The van der Waals surface area contributed by atoms with E-state index in [0.717, 1.165) is 101 Å². The summed E-state index contributed by atoms with van der Waals surface area (Å²) in [5.74, 6) is -1.33. The van der Waals surface area contributed by atoms with Crippen molar-refractivity contribution < 1.29 is 33.1 Å². The Kier molecular flexibility index (Phi) is 11.1. The van der Waals surface area contributed by atoms with Gasteiger partial charge in [0.1, 0.15) is 35.2 Å². The normalized spacial score (nSPS) is 24.3. The molecule has 5 aliphatic heterocycles. The number of anilines is 2. The number of ether oxygens (including phenoxy) is 1. The van der Waals surface area contributed by atoms with E-state index >= 15 is 4.39 Å². The molecule has 6 aliphatic rings. The Morgan fingerprint density at radius 2 is 1.64 bits per heavy atom. The zero-order valence-corrected chi connectivity index (χ0v) is 34.5. The topological polar surface area (TPSA) is 181 Å². The minimum Gasteiger partial charge on any atom is -0.490 e. The number of nitriles is 1. The van der Waals surface area contributed by atoms with Crippen molar-refractivity contribution in [1.29, 1.82) is 5.26 Å². The number of fused-ring (bicyclic) bond motifs is 1. The monoisotopic (exact) mass is 851 g/mol. The summed E-state index contributed by atoms with van der Waals surface area (Å²) in [6, 6.07) is 8.62. The molecule has 1 atom stereocenters. The first-order chi connectivity index (χ1) is 29.5. The Labute approximate surface area is 357 Å². The van der Waals surface area contributed by atoms with E-state index in [2.05, 4.69) is 30.4 Å². The highest BCUT2D eigenvalue weighted by atomic mass is 35.5. The maximum absolute atomic E-state index is 15.4. The molecule has 5 fully saturated rings. The molecule has 1 saturated carbocycles. The number of amides is 5. The van der Waals surface area contributed by atoms with Crippen molar-refractivity contribution in [2.45, 2.75) is 82.4 Å². The lowest BCUT2D eigenvalue weighted by atomic mass is 9.71. The molecule has 3 aromatic rings. The number of hydrogen-bond acceptors (Lipinski definition) is 12. The maximum atomic E-state index is 15.4. The molecular formula is C44H47ClFN9O6. The van der Waals surface area contributed by atoms with Crippen LogP contribution in [0.1, 0.15) is 101 Å². The summed E-state index contributed by atoms with van der Waals surface area (Å²) >= 11 is 6.15. The Hall–Kier alpha value is -5.66. The molecular weight excluding hydrogens is 805 g/mol. The number of likely N-dealkylation sites (tertiary alicyclic amines) is 1. The number of piperidine rings is 3. The number of halogens is 2. The first-order valence-electron chi connectivity index (χ1n) is 21.2. The van der Waals surface area contributed by atoms with Crippen molar-refractivity contribution in [3.8, 4) is 11.8 Å². The summed E-state index contributed by atoms with van der Waals surface area (Å²) in [6.07, 6.45) is 10.5. The molecule has 17 heteroatoms. The largest absolute Gasteiger partial charge is 0.490 e. The van der Waals surface area contributed by atoms with Gasteiger partial charge in [-0.05, 0) is 101 Å². The van der Waals surface area contributed by atoms with E-state index in [-0.39, 0.29) is 47.4 Å². The summed E-state index contributed by atoms with van der Waals surface area (Å²) in [4.78, 5) is 80.2. The number of nitrogens with zero attached hydrogens (tertiary/aromatic N) is 7. The van der Waals surface area contributed by atoms with E-state index in [0.29, 0.717) is 46.7 Å². The van der Waals surface area contributed by atoms with Gasteiger partial charge in [0.05, 0.1) is 45.9 Å². The molecule has 2 N–H and O–H groups in total. The van der Waals surface area contributed by atoms with E-state index in [1.54, 1.807) is 30.6 Å². The summed E-state index contributed by atoms with van der Waals surface area (Å²) in [5, 5.41) is 14.8. The van der Waals surface area contributed by atoms with Crippen LogP contribution in [0.4, 0.5) is 15.9 Å². The lowest BCUT2D eigenvalue weighted by Crippen LogP contribution is -2.61. The van der Waals surface area contributed by atoms with Gasteiger partial charge < -0.3 is 24.8 Å². The van der Waals surface area contributed by atoms with Gasteiger partial charge in [0, 0.05) is 56.7 Å². The molecule has 6 heterocycles. The van der Waals surface area contributed by atoms with Crippen LogP contribution in [0.5, 0.6) is 5.75 Å². The van der Waals surface area contributed by atoms with Gasteiger partial charge >= 0.3 is 0 Å².